The monoisotopic (exact) mass is 273 g/mol. The summed E-state index contributed by atoms with van der Waals surface area (Å²) < 4.78 is 0. The molecule has 3 nitrogen and oxygen atoms in total. The molecule has 3 heteroatoms. The maximum absolute atomic E-state index is 3.62. The van der Waals surface area contributed by atoms with E-state index >= 15 is 0 Å². The van der Waals surface area contributed by atoms with Crippen molar-refractivity contribution in [2.75, 3.05) is 42.9 Å². The topological polar surface area (TPSA) is 18.5 Å². The van der Waals surface area contributed by atoms with E-state index in [1.165, 1.54) is 49.3 Å². The van der Waals surface area contributed by atoms with Crippen molar-refractivity contribution in [1.29, 1.82) is 0 Å². The molecule has 110 valence electrons. The first-order chi connectivity index (χ1) is 9.79. The van der Waals surface area contributed by atoms with E-state index in [1.54, 1.807) is 0 Å². The molecule has 2 aliphatic heterocycles. The van der Waals surface area contributed by atoms with Gasteiger partial charge < -0.3 is 10.2 Å². The minimum atomic E-state index is 0.722. The quantitative estimate of drug-likeness (QED) is 0.913. The Kier molecular flexibility index (Phi) is 4.16. The average Bonchev–Trinajstić information content (AvgIpc) is 2.54. The predicted octanol–water partition coefficient (Wildman–Crippen LogP) is 2.97. The van der Waals surface area contributed by atoms with Crippen LogP contribution >= 0.6 is 0 Å². The van der Waals surface area contributed by atoms with Crippen molar-refractivity contribution in [3.63, 3.8) is 0 Å². The maximum atomic E-state index is 3.62. The zero-order chi connectivity index (χ0) is 13.9. The smallest absolute Gasteiger partial charge is 0.0610 e. The van der Waals surface area contributed by atoms with E-state index in [0.717, 1.165) is 25.7 Å². The highest BCUT2D eigenvalue weighted by Gasteiger charge is 2.23. The third-order valence-electron chi connectivity index (χ3n) is 4.92. The van der Waals surface area contributed by atoms with E-state index in [-0.39, 0.29) is 0 Å². The van der Waals surface area contributed by atoms with E-state index in [4.69, 9.17) is 0 Å². The Labute approximate surface area is 123 Å². The lowest BCUT2D eigenvalue weighted by atomic mass is 10.0. The van der Waals surface area contributed by atoms with Crippen LogP contribution in [0.15, 0.2) is 18.2 Å². The van der Waals surface area contributed by atoms with Gasteiger partial charge in [0.15, 0.2) is 0 Å². The number of nitrogens with one attached hydrogen (secondary N) is 1. The minimum Gasteiger partial charge on any atom is -0.383 e. The van der Waals surface area contributed by atoms with E-state index in [2.05, 4.69) is 47.2 Å². The van der Waals surface area contributed by atoms with E-state index < -0.39 is 0 Å². The summed E-state index contributed by atoms with van der Waals surface area (Å²) in [5.41, 5.74) is 4.32. The number of rotatable bonds is 3. The van der Waals surface area contributed by atoms with Gasteiger partial charge in [-0.15, -0.1) is 0 Å². The summed E-state index contributed by atoms with van der Waals surface area (Å²) in [6, 6.07) is 7.51. The second-order valence-corrected chi connectivity index (χ2v) is 6.12. The highest BCUT2D eigenvalue weighted by atomic mass is 15.3. The van der Waals surface area contributed by atoms with Gasteiger partial charge in [-0.1, -0.05) is 19.1 Å². The second kappa shape index (κ2) is 6.04. The second-order valence-electron chi connectivity index (χ2n) is 6.12. The van der Waals surface area contributed by atoms with E-state index in [9.17, 15) is 0 Å². The Morgan fingerprint density at radius 3 is 2.75 bits per heavy atom. The van der Waals surface area contributed by atoms with E-state index in [0.29, 0.717) is 0 Å². The number of benzene rings is 1. The number of nitrogens with zero attached hydrogens (tertiary/aromatic N) is 2. The van der Waals surface area contributed by atoms with Gasteiger partial charge in [0.25, 0.3) is 0 Å². The van der Waals surface area contributed by atoms with Gasteiger partial charge in [0.2, 0.25) is 0 Å². The molecule has 0 aromatic heterocycles. The van der Waals surface area contributed by atoms with Crippen LogP contribution in [-0.4, -0.2) is 43.7 Å². The zero-order valence-corrected chi connectivity index (χ0v) is 12.9. The van der Waals surface area contributed by atoms with Crippen LogP contribution in [0.5, 0.6) is 0 Å². The first kappa shape index (κ1) is 13.7. The van der Waals surface area contributed by atoms with Gasteiger partial charge in [-0.2, -0.15) is 0 Å². The molecule has 1 unspecified atom stereocenters. The number of piperazine rings is 1. The standard InChI is InChI=1S/C17H27N3/c1-3-14(2)19-10-12-20(13-11-19)16-8-4-6-15-7-5-9-18-17(15)16/h4,6,8,14,18H,3,5,7,9-13H2,1-2H3. The van der Waals surface area contributed by atoms with Crippen LogP contribution in [0, 0.1) is 0 Å². The lowest BCUT2D eigenvalue weighted by Gasteiger charge is -2.40. The third kappa shape index (κ3) is 2.64. The molecule has 1 atom stereocenters. The Balaban J connectivity index is 1.72. The Bertz CT molecular complexity index is 450. The van der Waals surface area contributed by atoms with Crippen molar-refractivity contribution in [2.24, 2.45) is 0 Å². The largest absolute Gasteiger partial charge is 0.383 e. The Morgan fingerprint density at radius 1 is 1.20 bits per heavy atom. The summed E-state index contributed by atoms with van der Waals surface area (Å²) in [5.74, 6) is 0. The van der Waals surface area contributed by atoms with Gasteiger partial charge in [-0.25, -0.2) is 0 Å². The molecular weight excluding hydrogens is 246 g/mol. The highest BCUT2D eigenvalue weighted by molar-refractivity contribution is 5.74. The maximum Gasteiger partial charge on any atom is 0.0610 e. The molecule has 0 spiro atoms. The fraction of sp³-hybridized carbons (Fsp3) is 0.647. The molecule has 0 saturated carbocycles. The van der Waals surface area contributed by atoms with Gasteiger partial charge in [-0.05, 0) is 37.8 Å². The van der Waals surface area contributed by atoms with Crippen molar-refractivity contribution in [2.45, 2.75) is 39.2 Å². The van der Waals surface area contributed by atoms with Crippen LogP contribution < -0.4 is 10.2 Å². The van der Waals surface area contributed by atoms with Crippen molar-refractivity contribution in [3.8, 4) is 0 Å². The summed E-state index contributed by atoms with van der Waals surface area (Å²) in [5, 5.41) is 3.62. The van der Waals surface area contributed by atoms with E-state index in [1.807, 2.05) is 0 Å². The SMILES string of the molecule is CCC(C)N1CCN(c2cccc3c2NCCC3)CC1. The van der Waals surface area contributed by atoms with Crippen LogP contribution in [0.3, 0.4) is 0 Å². The number of para-hydroxylation sites is 1. The van der Waals surface area contributed by atoms with Gasteiger partial charge in [0.1, 0.15) is 0 Å². The molecule has 1 aromatic carbocycles. The Hall–Kier alpha value is -1.22. The highest BCUT2D eigenvalue weighted by Crippen LogP contribution is 2.33. The molecule has 1 saturated heterocycles. The molecule has 0 bridgehead atoms. The first-order valence-corrected chi connectivity index (χ1v) is 8.14. The van der Waals surface area contributed by atoms with Gasteiger partial charge in [-0.3, -0.25) is 4.90 Å². The van der Waals surface area contributed by atoms with Gasteiger partial charge in [0.05, 0.1) is 11.4 Å². The molecule has 0 amide bonds. The number of fused-ring (bicyclic) bond motifs is 1. The fourth-order valence-corrected chi connectivity index (χ4v) is 3.42. The summed E-state index contributed by atoms with van der Waals surface area (Å²) in [6.45, 7) is 10.5. The van der Waals surface area contributed by atoms with Crippen LogP contribution in [0.1, 0.15) is 32.3 Å². The van der Waals surface area contributed by atoms with Crippen molar-refractivity contribution in [3.05, 3.63) is 23.8 Å². The molecule has 1 N–H and O–H groups in total. The molecule has 1 aromatic rings. The molecule has 1 fully saturated rings. The summed E-state index contributed by atoms with van der Waals surface area (Å²) >= 11 is 0. The molecule has 3 rings (SSSR count). The molecule has 0 aliphatic carbocycles. The van der Waals surface area contributed by atoms with Crippen molar-refractivity contribution >= 4 is 11.4 Å². The number of aryl methyl sites for hydroxylation is 1. The number of hydrogen-bond donors (Lipinski definition) is 1. The van der Waals surface area contributed by atoms with Crippen molar-refractivity contribution in [1.82, 2.24) is 4.90 Å². The fourth-order valence-electron chi connectivity index (χ4n) is 3.42. The van der Waals surface area contributed by atoms with Crippen LogP contribution in [0.2, 0.25) is 0 Å². The van der Waals surface area contributed by atoms with Gasteiger partial charge >= 0.3 is 0 Å². The summed E-state index contributed by atoms with van der Waals surface area (Å²) in [7, 11) is 0. The molecular formula is C17H27N3. The Morgan fingerprint density at radius 2 is 2.00 bits per heavy atom. The molecule has 2 aliphatic rings. The predicted molar refractivity (Wildman–Crippen MR) is 86.8 cm³/mol. The summed E-state index contributed by atoms with van der Waals surface area (Å²) in [6.07, 6.45) is 3.74. The number of anilines is 2. The zero-order valence-electron chi connectivity index (χ0n) is 12.9. The number of hydrogen-bond acceptors (Lipinski definition) is 3. The average molecular weight is 273 g/mol. The molecule has 20 heavy (non-hydrogen) atoms. The normalized spacial score (nSPS) is 21.2. The lowest BCUT2D eigenvalue weighted by molar-refractivity contribution is 0.193. The third-order valence-corrected chi connectivity index (χ3v) is 4.92. The van der Waals surface area contributed by atoms with Crippen LogP contribution in [0.25, 0.3) is 0 Å². The molecule has 2 heterocycles. The minimum absolute atomic E-state index is 0.722. The van der Waals surface area contributed by atoms with Crippen molar-refractivity contribution < 1.29 is 0 Å². The molecule has 0 radical (unpaired) electrons. The lowest BCUT2D eigenvalue weighted by Crippen LogP contribution is -2.49. The summed E-state index contributed by atoms with van der Waals surface area (Å²) in [4.78, 5) is 5.19. The van der Waals surface area contributed by atoms with Crippen LogP contribution in [0.4, 0.5) is 11.4 Å². The first-order valence-electron chi connectivity index (χ1n) is 8.14. The van der Waals surface area contributed by atoms with Crippen LogP contribution in [-0.2, 0) is 6.42 Å². The van der Waals surface area contributed by atoms with Gasteiger partial charge in [0, 0.05) is 38.8 Å².